The van der Waals surface area contributed by atoms with Gasteiger partial charge in [0, 0.05) is 19.2 Å². The Morgan fingerprint density at radius 2 is 2.17 bits per heavy atom. The largest absolute Gasteiger partial charge is 0.495 e. The maximum absolute atomic E-state index is 11.7. The predicted octanol–water partition coefficient (Wildman–Crippen LogP) is 2.03. The Bertz CT molecular complexity index is 407. The number of carbonyl (C=O) groups is 1. The van der Waals surface area contributed by atoms with Crippen molar-refractivity contribution in [2.24, 2.45) is 0 Å². The second kappa shape index (κ2) is 6.86. The third-order valence-corrected chi connectivity index (χ3v) is 2.68. The zero-order chi connectivity index (χ0) is 13.5. The third kappa shape index (κ3) is 4.25. The first-order valence-electron chi connectivity index (χ1n) is 5.83. The van der Waals surface area contributed by atoms with Crippen molar-refractivity contribution < 1.29 is 14.3 Å². The van der Waals surface area contributed by atoms with Gasteiger partial charge in [-0.3, -0.25) is 4.79 Å². The summed E-state index contributed by atoms with van der Waals surface area (Å²) >= 11 is 0. The number of anilines is 2. The van der Waals surface area contributed by atoms with Crippen LogP contribution in [0, 0.1) is 0 Å². The summed E-state index contributed by atoms with van der Waals surface area (Å²) in [7, 11) is 3.18. The van der Waals surface area contributed by atoms with Crippen LogP contribution in [-0.2, 0) is 9.53 Å². The van der Waals surface area contributed by atoms with Crippen LogP contribution in [0.25, 0.3) is 0 Å². The van der Waals surface area contributed by atoms with Gasteiger partial charge in [0.2, 0.25) is 5.91 Å². The molecule has 1 aromatic carbocycles. The van der Waals surface area contributed by atoms with Gasteiger partial charge in [-0.15, -0.1) is 0 Å². The summed E-state index contributed by atoms with van der Waals surface area (Å²) in [6.07, 6.45) is 1.14. The van der Waals surface area contributed by atoms with Crippen molar-refractivity contribution >= 4 is 17.3 Å². The van der Waals surface area contributed by atoms with E-state index >= 15 is 0 Å². The van der Waals surface area contributed by atoms with Crippen LogP contribution in [0.15, 0.2) is 18.2 Å². The number of methoxy groups -OCH3 is 2. The summed E-state index contributed by atoms with van der Waals surface area (Å²) in [4.78, 5) is 11.7. The van der Waals surface area contributed by atoms with Gasteiger partial charge in [0.15, 0.2) is 0 Å². The number of nitrogens with two attached hydrogens (primary N) is 1. The average molecular weight is 252 g/mol. The molecular formula is C13H20N2O3. The Morgan fingerprint density at radius 1 is 1.44 bits per heavy atom. The van der Waals surface area contributed by atoms with Crippen molar-refractivity contribution in [3.8, 4) is 5.75 Å². The topological polar surface area (TPSA) is 73.6 Å². The normalized spacial score (nSPS) is 11.9. The molecule has 0 saturated carbocycles. The number of amides is 1. The van der Waals surface area contributed by atoms with Gasteiger partial charge in [-0.1, -0.05) is 0 Å². The molecule has 1 amide bonds. The molecule has 0 radical (unpaired) electrons. The predicted molar refractivity (Wildman–Crippen MR) is 71.7 cm³/mol. The number of nitrogens with one attached hydrogen (secondary N) is 1. The van der Waals surface area contributed by atoms with Crippen LogP contribution in [0.2, 0.25) is 0 Å². The van der Waals surface area contributed by atoms with E-state index in [0.717, 1.165) is 0 Å². The number of benzene rings is 1. The number of nitrogen functional groups attached to an aromatic ring is 1. The molecular weight excluding hydrogens is 232 g/mol. The highest BCUT2D eigenvalue weighted by molar-refractivity contribution is 5.92. The first kappa shape index (κ1) is 14.3. The van der Waals surface area contributed by atoms with Crippen molar-refractivity contribution in [2.75, 3.05) is 25.3 Å². The van der Waals surface area contributed by atoms with Gasteiger partial charge in [0.05, 0.1) is 18.9 Å². The number of hydrogen-bond donors (Lipinski definition) is 2. The molecule has 1 atom stereocenters. The zero-order valence-corrected chi connectivity index (χ0v) is 11.0. The second-order valence-electron chi connectivity index (χ2n) is 4.09. The summed E-state index contributed by atoms with van der Waals surface area (Å²) in [6.45, 7) is 1.92. The van der Waals surface area contributed by atoms with E-state index in [2.05, 4.69) is 5.32 Å². The standard InChI is InChI=1S/C13H20N2O3/c1-9(17-2)4-7-13(16)15-11-8-10(14)5-6-12(11)18-3/h5-6,8-9H,4,7,14H2,1-3H3,(H,15,16). The molecule has 0 aliphatic rings. The SMILES string of the molecule is COc1ccc(N)cc1NC(=O)CCC(C)OC. The maximum Gasteiger partial charge on any atom is 0.224 e. The van der Waals surface area contributed by atoms with E-state index in [4.69, 9.17) is 15.2 Å². The molecule has 5 heteroatoms. The van der Waals surface area contributed by atoms with E-state index in [1.807, 2.05) is 6.92 Å². The fraction of sp³-hybridized carbons (Fsp3) is 0.462. The molecule has 0 spiro atoms. The molecule has 1 rings (SSSR count). The Morgan fingerprint density at radius 3 is 2.78 bits per heavy atom. The minimum Gasteiger partial charge on any atom is -0.495 e. The first-order valence-corrected chi connectivity index (χ1v) is 5.83. The van der Waals surface area contributed by atoms with Crippen LogP contribution >= 0.6 is 0 Å². The van der Waals surface area contributed by atoms with Gasteiger partial charge < -0.3 is 20.5 Å². The van der Waals surface area contributed by atoms with Gasteiger partial charge in [0.1, 0.15) is 5.75 Å². The lowest BCUT2D eigenvalue weighted by Crippen LogP contribution is -2.15. The second-order valence-corrected chi connectivity index (χ2v) is 4.09. The average Bonchev–Trinajstić information content (AvgIpc) is 2.36. The van der Waals surface area contributed by atoms with Gasteiger partial charge in [0.25, 0.3) is 0 Å². The highest BCUT2D eigenvalue weighted by Crippen LogP contribution is 2.26. The Hall–Kier alpha value is -1.75. The minimum atomic E-state index is -0.0807. The Kier molecular flexibility index (Phi) is 5.45. The van der Waals surface area contributed by atoms with Crippen molar-refractivity contribution in [1.82, 2.24) is 0 Å². The smallest absolute Gasteiger partial charge is 0.224 e. The third-order valence-electron chi connectivity index (χ3n) is 2.68. The summed E-state index contributed by atoms with van der Waals surface area (Å²) in [5, 5.41) is 2.78. The van der Waals surface area contributed by atoms with Crippen LogP contribution in [0.1, 0.15) is 19.8 Å². The molecule has 5 nitrogen and oxygen atoms in total. The van der Waals surface area contributed by atoms with Gasteiger partial charge >= 0.3 is 0 Å². The van der Waals surface area contributed by atoms with E-state index in [1.165, 1.54) is 0 Å². The minimum absolute atomic E-state index is 0.0680. The Balaban J connectivity index is 2.61. The maximum atomic E-state index is 11.7. The Labute approximate surface area is 107 Å². The molecule has 0 bridgehead atoms. The molecule has 1 unspecified atom stereocenters. The number of hydrogen-bond acceptors (Lipinski definition) is 4. The molecule has 18 heavy (non-hydrogen) atoms. The van der Waals surface area contributed by atoms with Crippen LogP contribution < -0.4 is 15.8 Å². The van der Waals surface area contributed by atoms with Crippen LogP contribution in [-0.4, -0.2) is 26.2 Å². The highest BCUT2D eigenvalue weighted by Gasteiger charge is 2.09. The van der Waals surface area contributed by atoms with Crippen LogP contribution in [0.5, 0.6) is 5.75 Å². The number of rotatable bonds is 6. The zero-order valence-electron chi connectivity index (χ0n) is 11.0. The molecule has 0 aliphatic heterocycles. The lowest BCUT2D eigenvalue weighted by molar-refractivity contribution is -0.116. The van der Waals surface area contributed by atoms with E-state index in [9.17, 15) is 4.79 Å². The monoisotopic (exact) mass is 252 g/mol. The summed E-state index contributed by atoms with van der Waals surface area (Å²) in [5.41, 5.74) is 6.85. The fourth-order valence-corrected chi connectivity index (χ4v) is 1.49. The van der Waals surface area contributed by atoms with E-state index in [-0.39, 0.29) is 12.0 Å². The van der Waals surface area contributed by atoms with Crippen molar-refractivity contribution in [2.45, 2.75) is 25.9 Å². The van der Waals surface area contributed by atoms with Crippen molar-refractivity contribution in [3.63, 3.8) is 0 Å². The molecule has 0 fully saturated rings. The lowest BCUT2D eigenvalue weighted by Gasteiger charge is -2.12. The molecule has 0 aliphatic carbocycles. The molecule has 100 valence electrons. The quantitative estimate of drug-likeness (QED) is 0.760. The summed E-state index contributed by atoms with van der Waals surface area (Å²) in [5.74, 6) is 0.514. The molecule has 3 N–H and O–H groups in total. The van der Waals surface area contributed by atoms with Crippen molar-refractivity contribution in [3.05, 3.63) is 18.2 Å². The molecule has 0 aromatic heterocycles. The van der Waals surface area contributed by atoms with Gasteiger partial charge in [-0.25, -0.2) is 0 Å². The first-order chi connectivity index (χ1) is 8.56. The molecule has 0 saturated heterocycles. The number of ether oxygens (including phenoxy) is 2. The lowest BCUT2D eigenvalue weighted by atomic mass is 10.2. The molecule has 0 heterocycles. The number of carbonyl (C=O) groups excluding carboxylic acids is 1. The van der Waals surface area contributed by atoms with Gasteiger partial charge in [-0.2, -0.15) is 0 Å². The molecule has 1 aromatic rings. The summed E-state index contributed by atoms with van der Waals surface area (Å²) < 4.78 is 10.2. The summed E-state index contributed by atoms with van der Waals surface area (Å²) in [6, 6.07) is 5.13. The fourth-order valence-electron chi connectivity index (χ4n) is 1.49. The van der Waals surface area contributed by atoms with Crippen molar-refractivity contribution in [1.29, 1.82) is 0 Å². The van der Waals surface area contributed by atoms with E-state index in [0.29, 0.717) is 30.0 Å². The van der Waals surface area contributed by atoms with Crippen LogP contribution in [0.3, 0.4) is 0 Å². The van der Waals surface area contributed by atoms with E-state index in [1.54, 1.807) is 32.4 Å². The van der Waals surface area contributed by atoms with Gasteiger partial charge in [-0.05, 0) is 31.5 Å². The van der Waals surface area contributed by atoms with E-state index < -0.39 is 0 Å². The van der Waals surface area contributed by atoms with Crippen LogP contribution in [0.4, 0.5) is 11.4 Å². The highest BCUT2D eigenvalue weighted by atomic mass is 16.5.